The molecule has 0 saturated carbocycles. The fourth-order valence-electron chi connectivity index (χ4n) is 1.61. The van der Waals surface area contributed by atoms with Gasteiger partial charge in [-0.3, -0.25) is 0 Å². The quantitative estimate of drug-likeness (QED) is 0.686. The number of thioether (sulfide) groups is 1. The lowest BCUT2D eigenvalue weighted by molar-refractivity contribution is 0.275. The molecule has 2 nitrogen and oxygen atoms in total. The minimum absolute atomic E-state index is 0.325. The average molecular weight is 203 g/mol. The molecule has 0 bridgehead atoms. The van der Waals surface area contributed by atoms with Crippen LogP contribution in [0.1, 0.15) is 26.2 Å². The number of hydrogen-bond acceptors (Lipinski definition) is 3. The van der Waals surface area contributed by atoms with E-state index in [0.717, 1.165) is 18.8 Å². The Morgan fingerprint density at radius 3 is 3.08 bits per heavy atom. The summed E-state index contributed by atoms with van der Waals surface area (Å²) in [5, 5.41) is 12.2. The lowest BCUT2D eigenvalue weighted by atomic mass is 10.1. The maximum atomic E-state index is 8.66. The van der Waals surface area contributed by atoms with Crippen molar-refractivity contribution in [3.8, 4) is 0 Å². The minimum atomic E-state index is 0.325. The number of rotatable bonds is 6. The molecule has 2 atom stereocenters. The van der Waals surface area contributed by atoms with Crippen LogP contribution in [-0.4, -0.2) is 35.8 Å². The first kappa shape index (κ1) is 11.3. The lowest BCUT2D eigenvalue weighted by Crippen LogP contribution is -2.31. The third-order valence-electron chi connectivity index (χ3n) is 2.57. The summed E-state index contributed by atoms with van der Waals surface area (Å²) in [6.07, 6.45) is 3.40. The average Bonchev–Trinajstić information content (AvgIpc) is 2.64. The summed E-state index contributed by atoms with van der Waals surface area (Å²) in [6.45, 7) is 3.70. The van der Waals surface area contributed by atoms with Gasteiger partial charge in [0, 0.05) is 12.6 Å². The van der Waals surface area contributed by atoms with Crippen molar-refractivity contribution in [3.05, 3.63) is 0 Å². The van der Waals surface area contributed by atoms with Gasteiger partial charge in [-0.1, -0.05) is 0 Å². The van der Waals surface area contributed by atoms with Gasteiger partial charge in [0.1, 0.15) is 0 Å². The molecule has 1 saturated heterocycles. The largest absolute Gasteiger partial charge is 0.396 e. The highest BCUT2D eigenvalue weighted by molar-refractivity contribution is 7.99. The van der Waals surface area contributed by atoms with Crippen LogP contribution in [0.25, 0.3) is 0 Å². The van der Waals surface area contributed by atoms with Crippen LogP contribution < -0.4 is 5.32 Å². The Morgan fingerprint density at radius 1 is 1.62 bits per heavy atom. The number of aliphatic hydroxyl groups is 1. The van der Waals surface area contributed by atoms with Crippen LogP contribution in [0.15, 0.2) is 0 Å². The van der Waals surface area contributed by atoms with Crippen molar-refractivity contribution in [1.82, 2.24) is 5.32 Å². The first-order valence-corrected chi connectivity index (χ1v) is 6.40. The van der Waals surface area contributed by atoms with Crippen molar-refractivity contribution in [2.45, 2.75) is 32.2 Å². The number of aliphatic hydroxyl groups excluding tert-OH is 1. The van der Waals surface area contributed by atoms with E-state index < -0.39 is 0 Å². The topological polar surface area (TPSA) is 32.3 Å². The van der Waals surface area contributed by atoms with Gasteiger partial charge in [-0.2, -0.15) is 11.8 Å². The van der Waals surface area contributed by atoms with Crippen LogP contribution >= 0.6 is 11.8 Å². The zero-order valence-corrected chi connectivity index (χ0v) is 9.28. The summed E-state index contributed by atoms with van der Waals surface area (Å²) in [7, 11) is 0. The van der Waals surface area contributed by atoms with Gasteiger partial charge in [-0.05, 0) is 50.2 Å². The first-order chi connectivity index (χ1) is 6.33. The second kappa shape index (κ2) is 6.68. The van der Waals surface area contributed by atoms with Gasteiger partial charge in [0.25, 0.3) is 0 Å². The van der Waals surface area contributed by atoms with Gasteiger partial charge in [-0.15, -0.1) is 0 Å². The summed E-state index contributed by atoms with van der Waals surface area (Å²) < 4.78 is 0. The predicted molar refractivity (Wildman–Crippen MR) is 59.2 cm³/mol. The highest BCUT2D eigenvalue weighted by Crippen LogP contribution is 2.22. The molecule has 1 aliphatic heterocycles. The SMILES string of the molecule is CC(CCCO)NCC1CCSC1. The van der Waals surface area contributed by atoms with Crippen molar-refractivity contribution in [3.63, 3.8) is 0 Å². The summed E-state index contributed by atoms with van der Waals surface area (Å²) in [5.41, 5.74) is 0. The highest BCUT2D eigenvalue weighted by Gasteiger charge is 2.15. The molecule has 13 heavy (non-hydrogen) atoms. The second-order valence-corrected chi connectivity index (χ2v) is 5.05. The molecule has 2 N–H and O–H groups in total. The first-order valence-electron chi connectivity index (χ1n) is 5.25. The van der Waals surface area contributed by atoms with Crippen molar-refractivity contribution in [1.29, 1.82) is 0 Å². The number of hydrogen-bond donors (Lipinski definition) is 2. The van der Waals surface area contributed by atoms with Gasteiger partial charge in [0.15, 0.2) is 0 Å². The zero-order chi connectivity index (χ0) is 9.52. The molecule has 0 aromatic rings. The summed E-state index contributed by atoms with van der Waals surface area (Å²) in [4.78, 5) is 0. The van der Waals surface area contributed by atoms with E-state index in [9.17, 15) is 0 Å². The smallest absolute Gasteiger partial charge is 0.0431 e. The van der Waals surface area contributed by atoms with Gasteiger partial charge in [0.2, 0.25) is 0 Å². The highest BCUT2D eigenvalue weighted by atomic mass is 32.2. The third-order valence-corrected chi connectivity index (χ3v) is 3.81. The molecule has 0 aromatic heterocycles. The zero-order valence-electron chi connectivity index (χ0n) is 8.46. The Bertz CT molecular complexity index is 126. The third kappa shape index (κ3) is 4.89. The maximum absolute atomic E-state index is 8.66. The molecule has 1 aliphatic rings. The van der Waals surface area contributed by atoms with Gasteiger partial charge >= 0.3 is 0 Å². The molecule has 1 heterocycles. The monoisotopic (exact) mass is 203 g/mol. The fourth-order valence-corrected chi connectivity index (χ4v) is 2.90. The molecule has 2 unspecified atom stereocenters. The molecular weight excluding hydrogens is 182 g/mol. The Labute approximate surface area is 85.5 Å². The molecule has 3 heteroatoms. The van der Waals surface area contributed by atoms with Gasteiger partial charge in [0.05, 0.1) is 0 Å². The normalized spacial score (nSPS) is 24.9. The molecule has 0 radical (unpaired) electrons. The Balaban J connectivity index is 1.97. The van der Waals surface area contributed by atoms with E-state index in [2.05, 4.69) is 24.0 Å². The molecule has 0 aliphatic carbocycles. The summed E-state index contributed by atoms with van der Waals surface area (Å²) in [6, 6.07) is 0.567. The fraction of sp³-hybridized carbons (Fsp3) is 1.00. The number of nitrogens with one attached hydrogen (secondary N) is 1. The van der Waals surface area contributed by atoms with E-state index in [4.69, 9.17) is 5.11 Å². The Kier molecular flexibility index (Phi) is 5.83. The van der Waals surface area contributed by atoms with Crippen LogP contribution in [-0.2, 0) is 0 Å². The molecule has 1 fully saturated rings. The van der Waals surface area contributed by atoms with Crippen LogP contribution in [0.2, 0.25) is 0 Å². The van der Waals surface area contributed by atoms with E-state index in [0.29, 0.717) is 12.6 Å². The van der Waals surface area contributed by atoms with E-state index in [1.165, 1.54) is 24.5 Å². The standard InChI is InChI=1S/C10H21NOS/c1-9(3-2-5-12)11-7-10-4-6-13-8-10/h9-12H,2-8H2,1H3. The summed E-state index contributed by atoms with van der Waals surface area (Å²) in [5.74, 6) is 3.57. The van der Waals surface area contributed by atoms with Gasteiger partial charge < -0.3 is 10.4 Å². The minimum Gasteiger partial charge on any atom is -0.396 e. The van der Waals surface area contributed by atoms with E-state index in [-0.39, 0.29) is 0 Å². The van der Waals surface area contributed by atoms with Crippen molar-refractivity contribution in [2.24, 2.45) is 5.92 Å². The molecule has 0 amide bonds. The van der Waals surface area contributed by atoms with E-state index in [1.807, 2.05) is 0 Å². The molecule has 1 rings (SSSR count). The molecular formula is C10H21NOS. The van der Waals surface area contributed by atoms with Crippen LogP contribution in [0.4, 0.5) is 0 Å². The summed E-state index contributed by atoms with van der Waals surface area (Å²) >= 11 is 2.07. The van der Waals surface area contributed by atoms with Crippen molar-refractivity contribution >= 4 is 11.8 Å². The van der Waals surface area contributed by atoms with Gasteiger partial charge in [-0.25, -0.2) is 0 Å². The second-order valence-electron chi connectivity index (χ2n) is 3.90. The van der Waals surface area contributed by atoms with Crippen LogP contribution in [0, 0.1) is 5.92 Å². The Hall–Kier alpha value is 0.270. The van der Waals surface area contributed by atoms with E-state index >= 15 is 0 Å². The van der Waals surface area contributed by atoms with Crippen molar-refractivity contribution in [2.75, 3.05) is 24.7 Å². The molecule has 0 aromatic carbocycles. The van der Waals surface area contributed by atoms with Crippen molar-refractivity contribution < 1.29 is 5.11 Å². The molecule has 78 valence electrons. The lowest BCUT2D eigenvalue weighted by Gasteiger charge is -2.16. The molecule has 0 spiro atoms. The Morgan fingerprint density at radius 2 is 2.46 bits per heavy atom. The van der Waals surface area contributed by atoms with Crippen LogP contribution in [0.3, 0.4) is 0 Å². The van der Waals surface area contributed by atoms with Crippen LogP contribution in [0.5, 0.6) is 0 Å². The predicted octanol–water partition coefficient (Wildman–Crippen LogP) is 1.49. The van der Waals surface area contributed by atoms with E-state index in [1.54, 1.807) is 0 Å². The maximum Gasteiger partial charge on any atom is 0.0431 e.